The van der Waals surface area contributed by atoms with E-state index in [0.29, 0.717) is 32.6 Å². The summed E-state index contributed by atoms with van der Waals surface area (Å²) in [5.74, 6) is -0.152. The number of halogens is 3. The first-order valence-corrected chi connectivity index (χ1v) is 9.46. The number of benzene rings is 1. The van der Waals surface area contributed by atoms with Crippen molar-refractivity contribution in [3.05, 3.63) is 55.8 Å². The quantitative estimate of drug-likeness (QED) is 0.497. The highest BCUT2D eigenvalue weighted by molar-refractivity contribution is 6.43. The molecule has 138 valence electrons. The Bertz CT molecular complexity index is 877. The van der Waals surface area contributed by atoms with Crippen molar-refractivity contribution in [2.45, 2.75) is 32.6 Å². The molecular weight excluding hydrogens is 397 g/mol. The molecule has 0 fully saturated rings. The minimum atomic E-state index is -0.478. The zero-order valence-corrected chi connectivity index (χ0v) is 16.6. The second-order valence-electron chi connectivity index (χ2n) is 5.91. The Morgan fingerprint density at radius 1 is 1.23 bits per heavy atom. The van der Waals surface area contributed by atoms with E-state index in [0.717, 1.165) is 23.5 Å². The summed E-state index contributed by atoms with van der Waals surface area (Å²) in [6.07, 6.45) is 3.20. The lowest BCUT2D eigenvalue weighted by Gasteiger charge is -2.29. The van der Waals surface area contributed by atoms with Gasteiger partial charge in [0.05, 0.1) is 28.4 Å². The summed E-state index contributed by atoms with van der Waals surface area (Å²) in [5.41, 5.74) is 2.71. The van der Waals surface area contributed by atoms with Gasteiger partial charge in [0.1, 0.15) is 5.82 Å². The van der Waals surface area contributed by atoms with Gasteiger partial charge in [-0.1, -0.05) is 48.1 Å². The molecule has 0 saturated carbocycles. The third-order valence-corrected chi connectivity index (χ3v) is 5.23. The summed E-state index contributed by atoms with van der Waals surface area (Å²) >= 11 is 18.9. The van der Waals surface area contributed by atoms with Gasteiger partial charge in [0, 0.05) is 22.2 Å². The van der Waals surface area contributed by atoms with E-state index in [-0.39, 0.29) is 6.61 Å². The number of hydrogen-bond acceptors (Lipinski definition) is 4. The van der Waals surface area contributed by atoms with Crippen molar-refractivity contribution in [3.63, 3.8) is 0 Å². The van der Waals surface area contributed by atoms with E-state index < -0.39 is 11.9 Å². The molecule has 0 bridgehead atoms. The van der Waals surface area contributed by atoms with Gasteiger partial charge in [-0.15, -0.1) is 0 Å². The van der Waals surface area contributed by atoms with Gasteiger partial charge in [-0.05, 0) is 31.0 Å². The molecule has 1 aliphatic heterocycles. The maximum absolute atomic E-state index is 12.8. The summed E-state index contributed by atoms with van der Waals surface area (Å²) in [7, 11) is 0. The average molecular weight is 415 g/mol. The normalized spacial score (nSPS) is 16.3. The number of carbonyl (C=O) groups is 1. The van der Waals surface area contributed by atoms with E-state index >= 15 is 0 Å². The summed E-state index contributed by atoms with van der Waals surface area (Å²) in [4.78, 5) is 12.8. The SMILES string of the molecule is CCCC1=C(C(=O)OCC)C(c2cc(Cl)cc(Cl)c2Cl)c2cn[nH]c2N1. The molecule has 0 amide bonds. The number of aromatic amines is 1. The summed E-state index contributed by atoms with van der Waals surface area (Å²) in [5, 5.41) is 11.4. The van der Waals surface area contributed by atoms with Crippen LogP contribution in [0.3, 0.4) is 0 Å². The highest BCUT2D eigenvalue weighted by Gasteiger charge is 2.36. The molecule has 0 radical (unpaired) electrons. The smallest absolute Gasteiger partial charge is 0.336 e. The Labute approximate surface area is 166 Å². The number of nitrogens with one attached hydrogen (secondary N) is 2. The molecule has 3 rings (SSSR count). The zero-order valence-electron chi connectivity index (χ0n) is 14.3. The van der Waals surface area contributed by atoms with Crippen molar-refractivity contribution in [1.29, 1.82) is 0 Å². The van der Waals surface area contributed by atoms with Crippen molar-refractivity contribution >= 4 is 46.6 Å². The van der Waals surface area contributed by atoms with Crippen LogP contribution in [0.2, 0.25) is 15.1 Å². The largest absolute Gasteiger partial charge is 0.463 e. The first-order valence-electron chi connectivity index (χ1n) is 8.32. The van der Waals surface area contributed by atoms with Crippen LogP contribution < -0.4 is 5.32 Å². The highest BCUT2D eigenvalue weighted by Crippen LogP contribution is 2.46. The monoisotopic (exact) mass is 413 g/mol. The molecule has 1 aromatic heterocycles. The number of anilines is 1. The van der Waals surface area contributed by atoms with E-state index in [1.807, 2.05) is 6.92 Å². The van der Waals surface area contributed by atoms with Crippen LogP contribution in [0.4, 0.5) is 5.82 Å². The molecule has 2 aromatic rings. The molecule has 1 aromatic carbocycles. The summed E-state index contributed by atoms with van der Waals surface area (Å²) in [6.45, 7) is 4.09. The number of H-pyrrole nitrogens is 1. The predicted molar refractivity (Wildman–Crippen MR) is 104 cm³/mol. The van der Waals surface area contributed by atoms with Gasteiger partial charge in [0.25, 0.3) is 0 Å². The van der Waals surface area contributed by atoms with Gasteiger partial charge in [-0.2, -0.15) is 5.10 Å². The fourth-order valence-electron chi connectivity index (χ4n) is 3.17. The lowest BCUT2D eigenvalue weighted by Crippen LogP contribution is -2.25. The molecular formula is C18H18Cl3N3O2. The highest BCUT2D eigenvalue weighted by atomic mass is 35.5. The van der Waals surface area contributed by atoms with Crippen LogP contribution in [-0.4, -0.2) is 22.8 Å². The lowest BCUT2D eigenvalue weighted by molar-refractivity contribution is -0.138. The fourth-order valence-corrected chi connectivity index (χ4v) is 3.90. The molecule has 0 aliphatic carbocycles. The number of aromatic nitrogens is 2. The maximum Gasteiger partial charge on any atom is 0.336 e. The third-order valence-electron chi connectivity index (χ3n) is 4.20. The van der Waals surface area contributed by atoms with Crippen molar-refractivity contribution in [2.24, 2.45) is 0 Å². The first-order chi connectivity index (χ1) is 12.5. The Hall–Kier alpha value is -1.69. The molecule has 1 aliphatic rings. The molecule has 0 spiro atoms. The number of esters is 1. The van der Waals surface area contributed by atoms with Crippen molar-refractivity contribution in [3.8, 4) is 0 Å². The minimum Gasteiger partial charge on any atom is -0.463 e. The van der Waals surface area contributed by atoms with Crippen molar-refractivity contribution in [1.82, 2.24) is 10.2 Å². The predicted octanol–water partition coefficient (Wildman–Crippen LogP) is 5.54. The Morgan fingerprint density at radius 2 is 2.00 bits per heavy atom. The Balaban J connectivity index is 2.26. The van der Waals surface area contributed by atoms with Gasteiger partial charge in [-0.25, -0.2) is 4.79 Å². The van der Waals surface area contributed by atoms with Gasteiger partial charge in [0.15, 0.2) is 0 Å². The molecule has 2 N–H and O–H groups in total. The second kappa shape index (κ2) is 7.91. The molecule has 1 atom stereocenters. The van der Waals surface area contributed by atoms with Crippen molar-refractivity contribution < 1.29 is 9.53 Å². The lowest BCUT2D eigenvalue weighted by atomic mass is 9.82. The first kappa shape index (κ1) is 19.1. The van der Waals surface area contributed by atoms with Gasteiger partial charge in [0.2, 0.25) is 0 Å². The maximum atomic E-state index is 12.8. The Morgan fingerprint density at radius 3 is 2.69 bits per heavy atom. The molecule has 8 heteroatoms. The number of nitrogens with zero attached hydrogens (tertiary/aromatic N) is 1. The number of fused-ring (bicyclic) bond motifs is 1. The number of allylic oxidation sites excluding steroid dienone is 1. The van der Waals surface area contributed by atoms with E-state index in [4.69, 9.17) is 39.5 Å². The standard InChI is InChI=1S/C18H18Cl3N3O2/c1-3-5-13-15(18(25)26-4-2)14(11-8-22-24-17(11)23-13)10-6-9(19)7-12(20)16(10)21/h6-8,14H,3-5H2,1-2H3,(H2,22,23,24). The average Bonchev–Trinajstić information content (AvgIpc) is 3.05. The van der Waals surface area contributed by atoms with Crippen LogP contribution in [0.5, 0.6) is 0 Å². The van der Waals surface area contributed by atoms with E-state index in [1.54, 1.807) is 25.3 Å². The number of carbonyl (C=O) groups excluding carboxylic acids is 1. The third kappa shape index (κ3) is 3.43. The Kier molecular flexibility index (Phi) is 5.80. The van der Waals surface area contributed by atoms with Crippen LogP contribution in [0, 0.1) is 0 Å². The fraction of sp³-hybridized carbons (Fsp3) is 0.333. The molecule has 26 heavy (non-hydrogen) atoms. The minimum absolute atomic E-state index is 0.275. The van der Waals surface area contributed by atoms with Gasteiger partial charge >= 0.3 is 5.97 Å². The van der Waals surface area contributed by atoms with E-state index in [1.165, 1.54) is 0 Å². The number of rotatable bonds is 5. The van der Waals surface area contributed by atoms with Crippen LogP contribution >= 0.6 is 34.8 Å². The van der Waals surface area contributed by atoms with Crippen LogP contribution in [0.15, 0.2) is 29.6 Å². The van der Waals surface area contributed by atoms with Crippen molar-refractivity contribution in [2.75, 3.05) is 11.9 Å². The topological polar surface area (TPSA) is 67.0 Å². The van der Waals surface area contributed by atoms with Crippen LogP contribution in [0.25, 0.3) is 0 Å². The summed E-state index contributed by atoms with van der Waals surface area (Å²) < 4.78 is 5.33. The van der Waals surface area contributed by atoms with Crippen LogP contribution in [-0.2, 0) is 9.53 Å². The van der Waals surface area contributed by atoms with Crippen LogP contribution in [0.1, 0.15) is 43.7 Å². The molecule has 0 saturated heterocycles. The number of hydrogen-bond donors (Lipinski definition) is 2. The number of ether oxygens (including phenoxy) is 1. The second-order valence-corrected chi connectivity index (χ2v) is 7.13. The molecule has 1 unspecified atom stereocenters. The molecule has 5 nitrogen and oxygen atoms in total. The van der Waals surface area contributed by atoms with E-state index in [2.05, 4.69) is 15.5 Å². The molecule has 2 heterocycles. The van der Waals surface area contributed by atoms with E-state index in [9.17, 15) is 4.79 Å². The van der Waals surface area contributed by atoms with Gasteiger partial charge in [-0.3, -0.25) is 5.10 Å². The zero-order chi connectivity index (χ0) is 18.8. The summed E-state index contributed by atoms with van der Waals surface area (Å²) in [6, 6.07) is 3.30. The van der Waals surface area contributed by atoms with Gasteiger partial charge < -0.3 is 10.1 Å².